The molecule has 2 aliphatic rings. The predicted molar refractivity (Wildman–Crippen MR) is 153 cm³/mol. The molecule has 1 aliphatic heterocycles. The van der Waals surface area contributed by atoms with Crippen LogP contribution in [0.1, 0.15) is 89.3 Å². The second-order valence-electron chi connectivity index (χ2n) is 12.0. The lowest BCUT2D eigenvalue weighted by Gasteiger charge is -2.41. The number of piperidine rings is 1. The topological polar surface area (TPSA) is 79.0 Å². The molecule has 1 unspecified atom stereocenters. The van der Waals surface area contributed by atoms with Gasteiger partial charge in [-0.3, -0.25) is 19.4 Å². The van der Waals surface area contributed by atoms with Gasteiger partial charge in [0.15, 0.2) is 0 Å². The SMILES string of the molecule is Cc1ccccc1C(C(=O)NC1CCCCC1)N(C(=O)[C@H]1CCCCN1C(=O)OC(C)(C)C)c1cccc(F)c1. The number of likely N-dealkylation sites (tertiary alicyclic amines) is 1. The lowest BCUT2D eigenvalue weighted by Crippen LogP contribution is -2.57. The summed E-state index contributed by atoms with van der Waals surface area (Å²) in [5, 5.41) is 3.20. The zero-order chi connectivity index (χ0) is 28.9. The molecule has 2 aromatic carbocycles. The zero-order valence-electron chi connectivity index (χ0n) is 24.1. The molecule has 1 saturated heterocycles. The third-order valence-corrected chi connectivity index (χ3v) is 7.68. The van der Waals surface area contributed by atoms with Crippen LogP contribution in [0.4, 0.5) is 14.9 Å². The minimum absolute atomic E-state index is 0.0187. The van der Waals surface area contributed by atoms with Crippen LogP contribution >= 0.6 is 0 Å². The van der Waals surface area contributed by atoms with E-state index in [1.807, 2.05) is 31.2 Å². The first-order valence-electron chi connectivity index (χ1n) is 14.5. The number of benzene rings is 2. The van der Waals surface area contributed by atoms with E-state index in [-0.39, 0.29) is 17.6 Å². The number of hydrogen-bond acceptors (Lipinski definition) is 4. The number of halogens is 1. The number of anilines is 1. The van der Waals surface area contributed by atoms with Crippen LogP contribution in [-0.2, 0) is 14.3 Å². The molecule has 1 saturated carbocycles. The second-order valence-corrected chi connectivity index (χ2v) is 12.0. The van der Waals surface area contributed by atoms with Crippen molar-refractivity contribution in [2.75, 3.05) is 11.4 Å². The van der Waals surface area contributed by atoms with Gasteiger partial charge >= 0.3 is 6.09 Å². The lowest BCUT2D eigenvalue weighted by molar-refractivity contribution is -0.130. The van der Waals surface area contributed by atoms with Gasteiger partial charge in [0.05, 0.1) is 0 Å². The number of nitrogens with one attached hydrogen (secondary N) is 1. The summed E-state index contributed by atoms with van der Waals surface area (Å²) in [7, 11) is 0. The van der Waals surface area contributed by atoms with Crippen LogP contribution in [0.2, 0.25) is 0 Å². The standard InChI is InChI=1S/C32H42FN3O4/c1-22-13-8-9-18-26(22)28(29(37)34-24-15-6-5-7-16-24)36(25-17-12-14-23(33)21-25)30(38)27-19-10-11-20-35(27)31(39)40-32(2,3)4/h8-9,12-14,17-18,21,24,27-28H,5-7,10-11,15-16,19-20H2,1-4H3,(H,34,37)/t27-,28?/m1/s1. The molecule has 1 aliphatic carbocycles. The van der Waals surface area contributed by atoms with Gasteiger partial charge in [0.2, 0.25) is 5.91 Å². The number of hydrogen-bond donors (Lipinski definition) is 1. The Morgan fingerprint density at radius 2 is 1.68 bits per heavy atom. The van der Waals surface area contributed by atoms with Gasteiger partial charge in [-0.1, -0.05) is 49.6 Å². The van der Waals surface area contributed by atoms with Crippen molar-refractivity contribution in [3.8, 4) is 0 Å². The van der Waals surface area contributed by atoms with E-state index in [2.05, 4.69) is 5.32 Å². The maximum atomic E-state index is 14.6. The highest BCUT2D eigenvalue weighted by atomic mass is 19.1. The molecule has 7 nitrogen and oxygen atoms in total. The first-order chi connectivity index (χ1) is 19.0. The smallest absolute Gasteiger partial charge is 0.410 e. The molecule has 1 N–H and O–H groups in total. The fraction of sp³-hybridized carbons (Fsp3) is 0.531. The highest BCUT2D eigenvalue weighted by Gasteiger charge is 2.42. The van der Waals surface area contributed by atoms with Crippen LogP contribution in [0, 0.1) is 12.7 Å². The van der Waals surface area contributed by atoms with E-state index in [1.165, 1.54) is 28.0 Å². The van der Waals surface area contributed by atoms with Crippen LogP contribution in [0.3, 0.4) is 0 Å². The molecule has 3 amide bonds. The molecule has 0 aromatic heterocycles. The minimum Gasteiger partial charge on any atom is -0.444 e. The van der Waals surface area contributed by atoms with Crippen molar-refractivity contribution in [1.29, 1.82) is 0 Å². The van der Waals surface area contributed by atoms with Gasteiger partial charge in [-0.15, -0.1) is 0 Å². The van der Waals surface area contributed by atoms with Gasteiger partial charge in [0.25, 0.3) is 5.91 Å². The highest BCUT2D eigenvalue weighted by Crippen LogP contribution is 2.34. The van der Waals surface area contributed by atoms with E-state index >= 15 is 0 Å². The minimum atomic E-state index is -1.04. The Kier molecular flexibility index (Phi) is 9.48. The van der Waals surface area contributed by atoms with Gasteiger partial charge in [-0.2, -0.15) is 0 Å². The molecular formula is C32H42FN3O4. The Labute approximate surface area is 237 Å². The molecule has 0 spiro atoms. The van der Waals surface area contributed by atoms with E-state index in [9.17, 15) is 18.8 Å². The summed E-state index contributed by atoms with van der Waals surface area (Å²) in [6.45, 7) is 7.63. The number of rotatable bonds is 6. The fourth-order valence-electron chi connectivity index (χ4n) is 5.74. The average molecular weight is 552 g/mol. The third kappa shape index (κ3) is 7.20. The number of aryl methyl sites for hydroxylation is 1. The molecule has 216 valence electrons. The van der Waals surface area contributed by atoms with Crippen molar-refractivity contribution in [2.24, 2.45) is 0 Å². The molecule has 0 bridgehead atoms. The first kappa shape index (κ1) is 29.6. The monoisotopic (exact) mass is 551 g/mol. The molecule has 8 heteroatoms. The molecular weight excluding hydrogens is 509 g/mol. The molecule has 2 fully saturated rings. The van der Waals surface area contributed by atoms with Crippen LogP contribution < -0.4 is 10.2 Å². The summed E-state index contributed by atoms with van der Waals surface area (Å²) in [4.78, 5) is 44.8. The average Bonchev–Trinajstić information content (AvgIpc) is 2.91. The Balaban J connectivity index is 1.79. The Morgan fingerprint density at radius 1 is 0.975 bits per heavy atom. The number of amides is 3. The van der Waals surface area contributed by atoms with Crippen LogP contribution in [0.25, 0.3) is 0 Å². The first-order valence-corrected chi connectivity index (χ1v) is 14.5. The number of carbonyl (C=O) groups is 3. The summed E-state index contributed by atoms with van der Waals surface area (Å²) < 4.78 is 20.3. The number of nitrogens with zero attached hydrogens (tertiary/aromatic N) is 2. The summed E-state index contributed by atoms with van der Waals surface area (Å²) in [5.74, 6) is -1.25. The van der Waals surface area contributed by atoms with E-state index in [4.69, 9.17) is 4.74 Å². The van der Waals surface area contributed by atoms with Crippen LogP contribution in [0.5, 0.6) is 0 Å². The Bertz CT molecular complexity index is 1200. The van der Waals surface area contributed by atoms with Gasteiger partial charge in [0.1, 0.15) is 23.5 Å². The zero-order valence-corrected chi connectivity index (χ0v) is 24.1. The summed E-state index contributed by atoms with van der Waals surface area (Å²) >= 11 is 0. The van der Waals surface area contributed by atoms with Crippen molar-refractivity contribution in [3.63, 3.8) is 0 Å². The van der Waals surface area contributed by atoms with Gasteiger partial charge in [-0.25, -0.2) is 9.18 Å². The van der Waals surface area contributed by atoms with Crippen LogP contribution in [0.15, 0.2) is 48.5 Å². The summed E-state index contributed by atoms with van der Waals surface area (Å²) in [6.07, 6.45) is 6.34. The van der Waals surface area contributed by atoms with Crippen molar-refractivity contribution in [3.05, 3.63) is 65.5 Å². The number of ether oxygens (including phenoxy) is 1. The van der Waals surface area contributed by atoms with Crippen molar-refractivity contribution < 1.29 is 23.5 Å². The molecule has 1 heterocycles. The molecule has 2 atom stereocenters. The molecule has 0 radical (unpaired) electrons. The largest absolute Gasteiger partial charge is 0.444 e. The Hall–Kier alpha value is -3.42. The molecule has 4 rings (SSSR count). The lowest BCUT2D eigenvalue weighted by atomic mass is 9.93. The van der Waals surface area contributed by atoms with Crippen LogP contribution in [-0.4, -0.2) is 47.0 Å². The van der Waals surface area contributed by atoms with Crippen molar-refractivity contribution >= 4 is 23.6 Å². The Morgan fingerprint density at radius 3 is 2.35 bits per heavy atom. The molecule has 2 aromatic rings. The quantitative estimate of drug-likeness (QED) is 0.448. The van der Waals surface area contributed by atoms with E-state index < -0.39 is 35.5 Å². The van der Waals surface area contributed by atoms with Crippen molar-refractivity contribution in [2.45, 2.75) is 103 Å². The van der Waals surface area contributed by atoms with Gasteiger partial charge in [0, 0.05) is 18.3 Å². The predicted octanol–water partition coefficient (Wildman–Crippen LogP) is 6.45. The third-order valence-electron chi connectivity index (χ3n) is 7.68. The molecule has 40 heavy (non-hydrogen) atoms. The maximum Gasteiger partial charge on any atom is 0.410 e. The highest BCUT2D eigenvalue weighted by molar-refractivity contribution is 6.04. The van der Waals surface area contributed by atoms with Gasteiger partial charge in [-0.05, 0) is 89.1 Å². The van der Waals surface area contributed by atoms with E-state index in [0.29, 0.717) is 18.5 Å². The normalized spacial score (nSPS) is 19.0. The maximum absolute atomic E-state index is 14.6. The second kappa shape index (κ2) is 12.8. The summed E-state index contributed by atoms with van der Waals surface area (Å²) in [6, 6.07) is 11.4. The van der Waals surface area contributed by atoms with E-state index in [1.54, 1.807) is 26.8 Å². The summed E-state index contributed by atoms with van der Waals surface area (Å²) in [5.41, 5.74) is 1.04. The fourth-order valence-corrected chi connectivity index (χ4v) is 5.74. The van der Waals surface area contributed by atoms with Gasteiger partial charge < -0.3 is 10.1 Å². The number of carbonyl (C=O) groups excluding carboxylic acids is 3. The van der Waals surface area contributed by atoms with Crippen molar-refractivity contribution in [1.82, 2.24) is 10.2 Å². The van der Waals surface area contributed by atoms with E-state index in [0.717, 1.165) is 50.5 Å².